The third kappa shape index (κ3) is 4.21. The highest BCUT2D eigenvalue weighted by Crippen LogP contribution is 2.32. The van der Waals surface area contributed by atoms with Crippen molar-refractivity contribution in [1.82, 2.24) is 4.90 Å². The molecule has 29 heavy (non-hydrogen) atoms. The Morgan fingerprint density at radius 2 is 1.76 bits per heavy atom. The van der Waals surface area contributed by atoms with Gasteiger partial charge in [0.05, 0.1) is 10.8 Å². The van der Waals surface area contributed by atoms with Crippen molar-refractivity contribution in [3.8, 4) is 17.2 Å². The van der Waals surface area contributed by atoms with E-state index in [4.69, 9.17) is 25.5 Å². The van der Waals surface area contributed by atoms with E-state index in [9.17, 15) is 4.79 Å². The van der Waals surface area contributed by atoms with E-state index in [0.717, 1.165) is 6.54 Å². The predicted octanol–water partition coefficient (Wildman–Crippen LogP) is 5.33. The molecule has 0 unspecified atom stereocenters. The molecule has 0 spiro atoms. The molecule has 4 rings (SSSR count). The molecular formula is C23H20ClNO4. The molecule has 0 saturated carbocycles. The predicted molar refractivity (Wildman–Crippen MR) is 116 cm³/mol. The van der Waals surface area contributed by atoms with E-state index < -0.39 is 0 Å². The van der Waals surface area contributed by atoms with Gasteiger partial charge in [-0.1, -0.05) is 29.8 Å². The number of halogens is 1. The van der Waals surface area contributed by atoms with Crippen LogP contribution in [0, 0.1) is 0 Å². The summed E-state index contributed by atoms with van der Waals surface area (Å²) in [5.74, 6) is 1.73. The Kier molecular flexibility index (Phi) is 5.43. The monoisotopic (exact) mass is 409 g/mol. The summed E-state index contributed by atoms with van der Waals surface area (Å²) >= 11 is 6.21. The fourth-order valence-corrected chi connectivity index (χ4v) is 3.21. The molecule has 1 heterocycles. The first-order valence-electron chi connectivity index (χ1n) is 9.22. The SMILES string of the molecule is CN(C)CCOc1cc(Cl)cc2c(=O)c3ccc(Oc4ccccc4)cc3oc12. The van der Waals surface area contributed by atoms with Crippen LogP contribution >= 0.6 is 11.6 Å². The minimum Gasteiger partial charge on any atom is -0.488 e. The Bertz CT molecular complexity index is 1220. The highest BCUT2D eigenvalue weighted by atomic mass is 35.5. The molecule has 4 aromatic rings. The maximum absolute atomic E-state index is 13.0. The number of likely N-dealkylation sites (N-methyl/N-ethyl adjacent to an activating group) is 1. The fraction of sp³-hybridized carbons (Fsp3) is 0.174. The van der Waals surface area contributed by atoms with Crippen molar-refractivity contribution in [2.45, 2.75) is 0 Å². The summed E-state index contributed by atoms with van der Waals surface area (Å²) in [6, 6.07) is 17.9. The Morgan fingerprint density at radius 3 is 2.52 bits per heavy atom. The summed E-state index contributed by atoms with van der Waals surface area (Å²) < 4.78 is 17.8. The number of hydrogen-bond acceptors (Lipinski definition) is 5. The van der Waals surface area contributed by atoms with Gasteiger partial charge in [0.1, 0.15) is 23.7 Å². The van der Waals surface area contributed by atoms with E-state index in [1.54, 1.807) is 30.3 Å². The van der Waals surface area contributed by atoms with Crippen LogP contribution < -0.4 is 14.9 Å². The lowest BCUT2D eigenvalue weighted by Gasteiger charge is -2.13. The number of rotatable bonds is 6. The van der Waals surface area contributed by atoms with E-state index >= 15 is 0 Å². The van der Waals surface area contributed by atoms with E-state index in [1.165, 1.54) is 0 Å². The van der Waals surface area contributed by atoms with Crippen LogP contribution in [-0.2, 0) is 0 Å². The van der Waals surface area contributed by atoms with Crippen molar-refractivity contribution >= 4 is 33.5 Å². The second-order valence-electron chi connectivity index (χ2n) is 6.94. The lowest BCUT2D eigenvalue weighted by Crippen LogP contribution is -2.19. The number of para-hydroxylation sites is 1. The fourth-order valence-electron chi connectivity index (χ4n) is 3.01. The zero-order valence-corrected chi connectivity index (χ0v) is 16.9. The molecule has 6 heteroatoms. The van der Waals surface area contributed by atoms with Gasteiger partial charge >= 0.3 is 0 Å². The van der Waals surface area contributed by atoms with Gasteiger partial charge in [-0.2, -0.15) is 0 Å². The second kappa shape index (κ2) is 8.15. The standard InChI is InChI=1S/C23H20ClNO4/c1-25(2)10-11-27-21-13-15(24)12-19-22(26)18-9-8-17(14-20(18)29-23(19)21)28-16-6-4-3-5-7-16/h3-9,12-14H,10-11H2,1-2H3. The molecular weight excluding hydrogens is 390 g/mol. The minimum absolute atomic E-state index is 0.160. The van der Waals surface area contributed by atoms with Crippen molar-refractivity contribution in [2.24, 2.45) is 0 Å². The molecule has 0 aliphatic rings. The molecule has 0 radical (unpaired) electrons. The van der Waals surface area contributed by atoms with Gasteiger partial charge in [-0.15, -0.1) is 0 Å². The first-order chi connectivity index (χ1) is 14.0. The van der Waals surface area contributed by atoms with Crippen molar-refractivity contribution in [3.63, 3.8) is 0 Å². The molecule has 0 aliphatic carbocycles. The van der Waals surface area contributed by atoms with Gasteiger partial charge in [0, 0.05) is 23.7 Å². The van der Waals surface area contributed by atoms with E-state index in [0.29, 0.717) is 50.8 Å². The Morgan fingerprint density at radius 1 is 0.966 bits per heavy atom. The zero-order chi connectivity index (χ0) is 20.4. The van der Waals surface area contributed by atoms with E-state index in [-0.39, 0.29) is 5.43 Å². The van der Waals surface area contributed by atoms with E-state index in [2.05, 4.69) is 0 Å². The minimum atomic E-state index is -0.160. The molecule has 148 valence electrons. The highest BCUT2D eigenvalue weighted by molar-refractivity contribution is 6.31. The molecule has 0 amide bonds. The molecule has 0 aliphatic heterocycles. The van der Waals surface area contributed by atoms with Gasteiger partial charge in [-0.25, -0.2) is 0 Å². The number of ether oxygens (including phenoxy) is 2. The van der Waals surface area contributed by atoms with Crippen LogP contribution in [0.1, 0.15) is 0 Å². The number of fused-ring (bicyclic) bond motifs is 2. The number of hydrogen-bond donors (Lipinski definition) is 0. The molecule has 0 atom stereocenters. The average Bonchev–Trinajstić information content (AvgIpc) is 2.69. The number of benzene rings is 3. The summed E-state index contributed by atoms with van der Waals surface area (Å²) in [6.45, 7) is 1.17. The third-order valence-electron chi connectivity index (χ3n) is 4.45. The average molecular weight is 410 g/mol. The third-order valence-corrected chi connectivity index (χ3v) is 4.67. The van der Waals surface area contributed by atoms with Crippen LogP contribution in [-0.4, -0.2) is 32.1 Å². The summed E-state index contributed by atoms with van der Waals surface area (Å²) in [4.78, 5) is 15.0. The van der Waals surface area contributed by atoms with Crippen molar-refractivity contribution in [3.05, 3.63) is 75.9 Å². The molecule has 3 aromatic carbocycles. The summed E-state index contributed by atoms with van der Waals surface area (Å²) in [5, 5.41) is 1.27. The Hall–Kier alpha value is -3.02. The van der Waals surface area contributed by atoms with Crippen LogP contribution in [0.4, 0.5) is 0 Å². The second-order valence-corrected chi connectivity index (χ2v) is 7.37. The largest absolute Gasteiger partial charge is 0.488 e. The number of nitrogens with zero attached hydrogens (tertiary/aromatic N) is 1. The summed E-state index contributed by atoms with van der Waals surface area (Å²) in [7, 11) is 3.92. The van der Waals surface area contributed by atoms with Crippen molar-refractivity contribution in [1.29, 1.82) is 0 Å². The molecule has 1 aromatic heterocycles. The first kappa shape index (κ1) is 19.3. The highest BCUT2D eigenvalue weighted by Gasteiger charge is 2.15. The Balaban J connectivity index is 1.79. The van der Waals surface area contributed by atoms with Crippen LogP contribution in [0.25, 0.3) is 21.9 Å². The zero-order valence-electron chi connectivity index (χ0n) is 16.1. The summed E-state index contributed by atoms with van der Waals surface area (Å²) in [6.07, 6.45) is 0. The van der Waals surface area contributed by atoms with Gasteiger partial charge in [-0.05, 0) is 44.4 Å². The lowest BCUT2D eigenvalue weighted by atomic mass is 10.1. The van der Waals surface area contributed by atoms with Crippen LogP contribution in [0.5, 0.6) is 17.2 Å². The van der Waals surface area contributed by atoms with Crippen LogP contribution in [0.15, 0.2) is 69.9 Å². The maximum Gasteiger partial charge on any atom is 0.200 e. The van der Waals surface area contributed by atoms with Gasteiger partial charge in [0.2, 0.25) is 5.43 Å². The van der Waals surface area contributed by atoms with Crippen molar-refractivity contribution in [2.75, 3.05) is 27.2 Å². The smallest absolute Gasteiger partial charge is 0.200 e. The first-order valence-corrected chi connectivity index (χ1v) is 9.59. The quantitative estimate of drug-likeness (QED) is 0.403. The van der Waals surface area contributed by atoms with Gasteiger partial charge in [-0.3, -0.25) is 4.79 Å². The lowest BCUT2D eigenvalue weighted by molar-refractivity contribution is 0.261. The van der Waals surface area contributed by atoms with Gasteiger partial charge in [0.25, 0.3) is 0 Å². The normalized spacial score (nSPS) is 11.3. The molecule has 5 nitrogen and oxygen atoms in total. The molecule has 0 bridgehead atoms. The van der Waals surface area contributed by atoms with Crippen LogP contribution in [0.3, 0.4) is 0 Å². The van der Waals surface area contributed by atoms with E-state index in [1.807, 2.05) is 49.3 Å². The molecule has 0 fully saturated rings. The van der Waals surface area contributed by atoms with Crippen LogP contribution in [0.2, 0.25) is 5.02 Å². The Labute approximate surface area is 173 Å². The van der Waals surface area contributed by atoms with Crippen molar-refractivity contribution < 1.29 is 13.9 Å². The van der Waals surface area contributed by atoms with Gasteiger partial charge < -0.3 is 18.8 Å². The summed E-state index contributed by atoms with van der Waals surface area (Å²) in [5.41, 5.74) is 0.644. The van der Waals surface area contributed by atoms with Gasteiger partial charge in [0.15, 0.2) is 11.3 Å². The molecule has 0 saturated heterocycles. The molecule has 0 N–H and O–H groups in total. The topological polar surface area (TPSA) is 51.9 Å². The maximum atomic E-state index is 13.0.